The topological polar surface area (TPSA) is 70.1 Å². The van der Waals surface area contributed by atoms with E-state index >= 15 is 0 Å². The predicted molar refractivity (Wildman–Crippen MR) is 68.8 cm³/mol. The number of carboxylic acids is 1. The van der Waals surface area contributed by atoms with E-state index in [9.17, 15) is 9.59 Å². The Morgan fingerprint density at radius 3 is 2.84 bits per heavy atom. The van der Waals surface area contributed by atoms with E-state index in [1.165, 1.54) is 10.5 Å². The molecule has 2 aliphatic rings. The Morgan fingerprint density at radius 2 is 2.21 bits per heavy atom. The number of carbonyl (C=O) groups is 2. The highest BCUT2D eigenvalue weighted by molar-refractivity contribution is 5.77. The molecule has 6 nitrogen and oxygen atoms in total. The first kappa shape index (κ1) is 13.9. The average Bonchev–Trinajstić information content (AvgIpc) is 2.86. The van der Waals surface area contributed by atoms with Gasteiger partial charge in [0.2, 0.25) is 0 Å². The first-order valence-corrected chi connectivity index (χ1v) is 6.48. The fourth-order valence-electron chi connectivity index (χ4n) is 2.60. The number of amides is 2. The molecule has 0 radical (unpaired) electrons. The molecule has 0 spiro atoms. The lowest BCUT2D eigenvalue weighted by Gasteiger charge is -2.34. The van der Waals surface area contributed by atoms with Gasteiger partial charge in [0.15, 0.2) is 0 Å². The highest BCUT2D eigenvalue weighted by Crippen LogP contribution is 2.21. The molecule has 0 aromatic carbocycles. The van der Waals surface area contributed by atoms with Gasteiger partial charge < -0.3 is 19.6 Å². The summed E-state index contributed by atoms with van der Waals surface area (Å²) in [6.45, 7) is 3.77. The Labute approximate surface area is 112 Å². The normalized spacial score (nSPS) is 27.1. The number of carboxylic acid groups (broad SMARTS) is 1. The molecule has 106 valence electrons. The molecule has 0 bridgehead atoms. The maximum atomic E-state index is 12.4. The zero-order chi connectivity index (χ0) is 14.0. The second kappa shape index (κ2) is 5.61. The predicted octanol–water partition coefficient (Wildman–Crippen LogP) is 0.790. The van der Waals surface area contributed by atoms with Gasteiger partial charge in [-0.3, -0.25) is 4.79 Å². The maximum Gasteiger partial charge on any atom is 0.320 e. The zero-order valence-electron chi connectivity index (χ0n) is 11.3. The van der Waals surface area contributed by atoms with Crippen LogP contribution in [0.1, 0.15) is 13.3 Å². The molecule has 2 aliphatic heterocycles. The third kappa shape index (κ3) is 2.89. The van der Waals surface area contributed by atoms with Crippen molar-refractivity contribution < 1.29 is 19.4 Å². The summed E-state index contributed by atoms with van der Waals surface area (Å²) in [5.74, 6) is -1.53. The van der Waals surface area contributed by atoms with Crippen molar-refractivity contribution in [3.63, 3.8) is 0 Å². The standard InChI is InChI=1S/C13H20N2O4/c1-9-4-3-5-15(6-9)13(18)14(2)11-8-19-7-10(11)12(16)17/h4,10-11H,3,5-8H2,1-2H3,(H,16,17). The van der Waals surface area contributed by atoms with Crippen molar-refractivity contribution in [1.82, 2.24) is 9.80 Å². The zero-order valence-corrected chi connectivity index (χ0v) is 11.3. The van der Waals surface area contributed by atoms with Crippen LogP contribution in [0.25, 0.3) is 0 Å². The van der Waals surface area contributed by atoms with Gasteiger partial charge in [-0.05, 0) is 13.3 Å². The fourth-order valence-corrected chi connectivity index (χ4v) is 2.60. The Morgan fingerprint density at radius 1 is 1.47 bits per heavy atom. The van der Waals surface area contributed by atoms with E-state index in [-0.39, 0.29) is 18.7 Å². The lowest BCUT2D eigenvalue weighted by atomic mass is 10.0. The quantitative estimate of drug-likeness (QED) is 0.752. The molecule has 2 rings (SSSR count). The fraction of sp³-hybridized carbons (Fsp3) is 0.692. The third-order valence-electron chi connectivity index (χ3n) is 3.77. The van der Waals surface area contributed by atoms with E-state index in [1.807, 2.05) is 6.92 Å². The maximum absolute atomic E-state index is 12.4. The molecule has 2 amide bonds. The number of hydrogen-bond donors (Lipinski definition) is 1. The SMILES string of the molecule is CC1=CCCN(C(=O)N(C)C2COCC2C(=O)O)C1. The van der Waals surface area contributed by atoms with Crippen LogP contribution in [0.4, 0.5) is 4.79 Å². The average molecular weight is 268 g/mol. The van der Waals surface area contributed by atoms with Crippen molar-refractivity contribution in [3.8, 4) is 0 Å². The van der Waals surface area contributed by atoms with E-state index in [1.54, 1.807) is 11.9 Å². The number of aliphatic carboxylic acids is 1. The van der Waals surface area contributed by atoms with Crippen molar-refractivity contribution >= 4 is 12.0 Å². The Balaban J connectivity index is 2.02. The molecule has 6 heteroatoms. The molecular formula is C13H20N2O4. The Kier molecular flexibility index (Phi) is 4.09. The minimum atomic E-state index is -0.906. The molecule has 1 fully saturated rings. The van der Waals surface area contributed by atoms with Crippen molar-refractivity contribution in [2.24, 2.45) is 5.92 Å². The molecule has 0 aromatic rings. The van der Waals surface area contributed by atoms with E-state index < -0.39 is 11.9 Å². The first-order chi connectivity index (χ1) is 9.00. The van der Waals surface area contributed by atoms with E-state index in [4.69, 9.17) is 9.84 Å². The molecule has 19 heavy (non-hydrogen) atoms. The van der Waals surface area contributed by atoms with Crippen LogP contribution in [-0.4, -0.2) is 66.3 Å². The summed E-state index contributed by atoms with van der Waals surface area (Å²) in [6, 6.07) is -0.495. The van der Waals surface area contributed by atoms with Gasteiger partial charge in [0.1, 0.15) is 5.92 Å². The van der Waals surface area contributed by atoms with Crippen molar-refractivity contribution in [2.75, 3.05) is 33.4 Å². The van der Waals surface area contributed by atoms with E-state index in [0.29, 0.717) is 19.7 Å². The van der Waals surface area contributed by atoms with Crippen LogP contribution in [0.15, 0.2) is 11.6 Å². The highest BCUT2D eigenvalue weighted by Gasteiger charge is 2.39. The summed E-state index contributed by atoms with van der Waals surface area (Å²) in [6.07, 6.45) is 2.98. The van der Waals surface area contributed by atoms with Gasteiger partial charge in [0, 0.05) is 20.1 Å². The van der Waals surface area contributed by atoms with Crippen LogP contribution >= 0.6 is 0 Å². The van der Waals surface area contributed by atoms with E-state index in [2.05, 4.69) is 6.08 Å². The Bertz CT molecular complexity index is 407. The second-order valence-electron chi connectivity index (χ2n) is 5.20. The summed E-state index contributed by atoms with van der Waals surface area (Å²) < 4.78 is 5.21. The largest absolute Gasteiger partial charge is 0.481 e. The molecule has 0 aliphatic carbocycles. The number of likely N-dealkylation sites (N-methyl/N-ethyl adjacent to an activating group) is 1. The summed E-state index contributed by atoms with van der Waals surface area (Å²) in [7, 11) is 1.66. The highest BCUT2D eigenvalue weighted by atomic mass is 16.5. The van der Waals surface area contributed by atoms with Crippen molar-refractivity contribution in [2.45, 2.75) is 19.4 Å². The second-order valence-corrected chi connectivity index (χ2v) is 5.20. The lowest BCUT2D eigenvalue weighted by Crippen LogP contribution is -2.51. The van der Waals surface area contributed by atoms with Crippen LogP contribution in [0.5, 0.6) is 0 Å². The van der Waals surface area contributed by atoms with Gasteiger partial charge >= 0.3 is 12.0 Å². The molecule has 2 atom stereocenters. The van der Waals surface area contributed by atoms with Crippen LogP contribution in [-0.2, 0) is 9.53 Å². The third-order valence-corrected chi connectivity index (χ3v) is 3.77. The van der Waals surface area contributed by atoms with Crippen LogP contribution < -0.4 is 0 Å². The molecule has 1 saturated heterocycles. The Hall–Kier alpha value is -1.56. The van der Waals surface area contributed by atoms with Crippen LogP contribution in [0, 0.1) is 5.92 Å². The van der Waals surface area contributed by atoms with Crippen molar-refractivity contribution in [1.29, 1.82) is 0 Å². The van der Waals surface area contributed by atoms with E-state index in [0.717, 1.165) is 6.42 Å². The summed E-state index contributed by atoms with van der Waals surface area (Å²) in [5, 5.41) is 9.13. The van der Waals surface area contributed by atoms with Crippen LogP contribution in [0.3, 0.4) is 0 Å². The van der Waals surface area contributed by atoms with Crippen molar-refractivity contribution in [3.05, 3.63) is 11.6 Å². The molecule has 1 N–H and O–H groups in total. The summed E-state index contributed by atoms with van der Waals surface area (Å²) in [5.41, 5.74) is 1.17. The number of hydrogen-bond acceptors (Lipinski definition) is 3. The number of carbonyl (C=O) groups excluding carboxylic acids is 1. The summed E-state index contributed by atoms with van der Waals surface area (Å²) >= 11 is 0. The molecular weight excluding hydrogens is 248 g/mol. The smallest absolute Gasteiger partial charge is 0.320 e. The van der Waals surface area contributed by atoms with Crippen LogP contribution in [0.2, 0.25) is 0 Å². The minimum Gasteiger partial charge on any atom is -0.481 e. The van der Waals surface area contributed by atoms with Gasteiger partial charge in [-0.1, -0.05) is 11.6 Å². The number of nitrogens with zero attached hydrogens (tertiary/aromatic N) is 2. The number of urea groups is 1. The summed E-state index contributed by atoms with van der Waals surface area (Å²) in [4.78, 5) is 26.8. The minimum absolute atomic E-state index is 0.116. The van der Waals surface area contributed by atoms with Gasteiger partial charge in [0.05, 0.1) is 19.3 Å². The van der Waals surface area contributed by atoms with Gasteiger partial charge in [0.25, 0.3) is 0 Å². The van der Waals surface area contributed by atoms with Gasteiger partial charge in [-0.2, -0.15) is 0 Å². The molecule has 0 saturated carbocycles. The van der Waals surface area contributed by atoms with Gasteiger partial charge in [-0.25, -0.2) is 4.79 Å². The number of ether oxygens (including phenoxy) is 1. The lowest BCUT2D eigenvalue weighted by molar-refractivity contribution is -0.142. The molecule has 2 heterocycles. The molecule has 2 unspecified atom stereocenters. The number of rotatable bonds is 2. The molecule has 0 aromatic heterocycles. The van der Waals surface area contributed by atoms with Gasteiger partial charge in [-0.15, -0.1) is 0 Å². The first-order valence-electron chi connectivity index (χ1n) is 6.48. The monoisotopic (exact) mass is 268 g/mol.